The topological polar surface area (TPSA) is 60.5 Å². The van der Waals surface area contributed by atoms with Crippen LogP contribution in [0.5, 0.6) is 5.88 Å². The molecule has 1 rings (SSSR count). The number of allylic oxidation sites excluding steroid dienone is 1. The first-order valence-electron chi connectivity index (χ1n) is 6.23. The van der Waals surface area contributed by atoms with Gasteiger partial charge in [-0.05, 0) is 19.4 Å². The van der Waals surface area contributed by atoms with Crippen molar-refractivity contribution in [3.63, 3.8) is 0 Å². The number of nitrogens with zero attached hydrogens (tertiary/aromatic N) is 1. The quantitative estimate of drug-likeness (QED) is 0.607. The second-order valence-corrected chi connectivity index (χ2v) is 3.98. The van der Waals surface area contributed by atoms with Crippen molar-refractivity contribution >= 4 is 11.6 Å². The molecular weight excluding hydrogens is 244 g/mol. The van der Waals surface area contributed by atoms with E-state index >= 15 is 0 Å². The average molecular weight is 264 g/mol. The van der Waals surface area contributed by atoms with E-state index in [1.54, 1.807) is 32.4 Å². The Bertz CT molecular complexity index is 427. The van der Waals surface area contributed by atoms with Crippen LogP contribution in [0.25, 0.3) is 0 Å². The van der Waals surface area contributed by atoms with Gasteiger partial charge in [-0.1, -0.05) is 13.0 Å². The second-order valence-electron chi connectivity index (χ2n) is 3.98. The van der Waals surface area contributed by atoms with Crippen LogP contribution in [-0.2, 0) is 9.53 Å². The van der Waals surface area contributed by atoms with Crippen molar-refractivity contribution in [3.05, 3.63) is 30.0 Å². The zero-order valence-electron chi connectivity index (χ0n) is 11.6. The maximum absolute atomic E-state index is 11.7. The van der Waals surface area contributed by atoms with Gasteiger partial charge in [-0.25, -0.2) is 4.98 Å². The molecule has 0 saturated heterocycles. The zero-order valence-corrected chi connectivity index (χ0v) is 11.6. The molecule has 0 unspecified atom stereocenters. The molecule has 0 radical (unpaired) electrons. The van der Waals surface area contributed by atoms with Crippen molar-refractivity contribution in [1.82, 2.24) is 4.98 Å². The Balaban J connectivity index is 2.52. The van der Waals surface area contributed by atoms with Crippen molar-refractivity contribution in [1.29, 1.82) is 0 Å². The van der Waals surface area contributed by atoms with E-state index in [1.807, 2.05) is 13.0 Å². The molecule has 0 spiro atoms. The molecule has 0 bridgehead atoms. The van der Waals surface area contributed by atoms with Crippen LogP contribution in [0.1, 0.15) is 20.3 Å². The highest BCUT2D eigenvalue weighted by molar-refractivity contribution is 6.03. The minimum Gasteiger partial charge on any atom is -0.475 e. The normalized spacial score (nSPS) is 11.2. The fraction of sp³-hybridized carbons (Fsp3) is 0.429. The summed E-state index contributed by atoms with van der Waals surface area (Å²) in [7, 11) is 1.61. The van der Waals surface area contributed by atoms with E-state index in [-0.39, 0.29) is 5.91 Å². The molecule has 0 aromatic carbocycles. The lowest BCUT2D eigenvalue weighted by molar-refractivity contribution is -0.112. The second kappa shape index (κ2) is 8.26. The summed E-state index contributed by atoms with van der Waals surface area (Å²) in [4.78, 5) is 15.8. The Labute approximate surface area is 113 Å². The van der Waals surface area contributed by atoms with Crippen LogP contribution in [-0.4, -0.2) is 31.2 Å². The van der Waals surface area contributed by atoms with Crippen molar-refractivity contribution < 1.29 is 14.3 Å². The van der Waals surface area contributed by atoms with Crippen LogP contribution in [0.2, 0.25) is 0 Å². The Morgan fingerprint density at radius 3 is 2.79 bits per heavy atom. The largest absolute Gasteiger partial charge is 0.475 e. The lowest BCUT2D eigenvalue weighted by Crippen LogP contribution is -2.13. The number of rotatable bonds is 7. The Hall–Kier alpha value is -1.88. The highest BCUT2D eigenvalue weighted by atomic mass is 16.5. The minimum absolute atomic E-state index is 0.114. The Morgan fingerprint density at radius 1 is 1.42 bits per heavy atom. The number of aromatic nitrogens is 1. The predicted molar refractivity (Wildman–Crippen MR) is 74.3 cm³/mol. The highest BCUT2D eigenvalue weighted by Gasteiger charge is 2.04. The van der Waals surface area contributed by atoms with E-state index in [0.717, 1.165) is 6.42 Å². The first-order valence-corrected chi connectivity index (χ1v) is 6.23. The van der Waals surface area contributed by atoms with Gasteiger partial charge in [-0.3, -0.25) is 4.79 Å². The number of carbonyl (C=O) groups is 1. The fourth-order valence-electron chi connectivity index (χ4n) is 1.40. The van der Waals surface area contributed by atoms with Crippen molar-refractivity contribution in [2.75, 3.05) is 25.6 Å². The zero-order chi connectivity index (χ0) is 14.1. The number of nitrogens with one attached hydrogen (secondary N) is 1. The maximum atomic E-state index is 11.7. The van der Waals surface area contributed by atoms with Crippen LogP contribution in [0, 0.1) is 0 Å². The number of anilines is 1. The third kappa shape index (κ3) is 5.52. The molecule has 19 heavy (non-hydrogen) atoms. The maximum Gasteiger partial charge on any atom is 0.251 e. The van der Waals surface area contributed by atoms with Gasteiger partial charge in [0.15, 0.2) is 0 Å². The summed E-state index contributed by atoms with van der Waals surface area (Å²) in [6.07, 6.45) is 4.29. The number of amides is 1. The molecule has 0 aliphatic heterocycles. The summed E-state index contributed by atoms with van der Waals surface area (Å²) in [5.74, 6) is 0.396. The molecular formula is C14H20N2O3. The summed E-state index contributed by atoms with van der Waals surface area (Å²) in [6.45, 7) is 4.74. The SMILES string of the molecule is CC/C=C(\C)C(=O)Nc1ccc(OCCOC)nc1. The van der Waals surface area contributed by atoms with Gasteiger partial charge in [0.2, 0.25) is 5.88 Å². The van der Waals surface area contributed by atoms with Crippen molar-refractivity contribution in [2.24, 2.45) is 0 Å². The molecule has 1 aromatic heterocycles. The summed E-state index contributed by atoms with van der Waals surface area (Å²) in [5, 5.41) is 2.77. The molecule has 104 valence electrons. The van der Waals surface area contributed by atoms with Gasteiger partial charge < -0.3 is 14.8 Å². The summed E-state index contributed by atoms with van der Waals surface area (Å²) < 4.78 is 10.2. The van der Waals surface area contributed by atoms with Gasteiger partial charge in [0.1, 0.15) is 6.61 Å². The molecule has 0 aliphatic carbocycles. The van der Waals surface area contributed by atoms with Gasteiger partial charge in [0.05, 0.1) is 18.5 Å². The van der Waals surface area contributed by atoms with Gasteiger partial charge in [-0.2, -0.15) is 0 Å². The molecule has 0 atom stereocenters. The first kappa shape index (κ1) is 15.2. The molecule has 5 nitrogen and oxygen atoms in total. The first-order chi connectivity index (χ1) is 9.17. The summed E-state index contributed by atoms with van der Waals surface area (Å²) in [6, 6.07) is 3.47. The standard InChI is InChI=1S/C14H20N2O3/c1-4-5-11(2)14(17)16-12-6-7-13(15-10-12)19-9-8-18-3/h5-7,10H,4,8-9H2,1-3H3,(H,16,17)/b11-5+. The fourth-order valence-corrected chi connectivity index (χ4v) is 1.40. The van der Waals surface area contributed by atoms with Crippen LogP contribution in [0.4, 0.5) is 5.69 Å². The third-order valence-electron chi connectivity index (χ3n) is 2.40. The van der Waals surface area contributed by atoms with Gasteiger partial charge in [0.25, 0.3) is 5.91 Å². The van der Waals surface area contributed by atoms with Gasteiger partial charge in [0, 0.05) is 18.7 Å². The number of ether oxygens (including phenoxy) is 2. The molecule has 1 heterocycles. The van der Waals surface area contributed by atoms with E-state index < -0.39 is 0 Å². The monoisotopic (exact) mass is 264 g/mol. The molecule has 0 fully saturated rings. The van der Waals surface area contributed by atoms with Crippen LogP contribution < -0.4 is 10.1 Å². The van der Waals surface area contributed by atoms with E-state index in [9.17, 15) is 4.79 Å². The molecule has 1 N–H and O–H groups in total. The van der Waals surface area contributed by atoms with E-state index in [1.165, 1.54) is 0 Å². The van der Waals surface area contributed by atoms with Crippen LogP contribution in [0.15, 0.2) is 30.0 Å². The van der Waals surface area contributed by atoms with E-state index in [0.29, 0.717) is 30.4 Å². The smallest absolute Gasteiger partial charge is 0.251 e. The third-order valence-corrected chi connectivity index (χ3v) is 2.40. The molecule has 1 aromatic rings. The molecule has 0 aliphatic rings. The van der Waals surface area contributed by atoms with Crippen LogP contribution in [0.3, 0.4) is 0 Å². The van der Waals surface area contributed by atoms with Gasteiger partial charge in [-0.15, -0.1) is 0 Å². The number of methoxy groups -OCH3 is 1. The average Bonchev–Trinajstić information content (AvgIpc) is 2.41. The van der Waals surface area contributed by atoms with Crippen LogP contribution >= 0.6 is 0 Å². The molecule has 5 heteroatoms. The van der Waals surface area contributed by atoms with Gasteiger partial charge >= 0.3 is 0 Å². The lowest BCUT2D eigenvalue weighted by Gasteiger charge is -2.07. The summed E-state index contributed by atoms with van der Waals surface area (Å²) >= 11 is 0. The number of pyridine rings is 1. The number of hydrogen-bond donors (Lipinski definition) is 1. The lowest BCUT2D eigenvalue weighted by atomic mass is 10.2. The van der Waals surface area contributed by atoms with Crippen molar-refractivity contribution in [3.8, 4) is 5.88 Å². The Kier molecular flexibility index (Phi) is 6.60. The molecule has 1 amide bonds. The summed E-state index contributed by atoms with van der Waals surface area (Å²) in [5.41, 5.74) is 1.34. The highest BCUT2D eigenvalue weighted by Crippen LogP contribution is 2.12. The molecule has 0 saturated carbocycles. The number of hydrogen-bond acceptors (Lipinski definition) is 4. The van der Waals surface area contributed by atoms with E-state index in [2.05, 4.69) is 10.3 Å². The van der Waals surface area contributed by atoms with Crippen molar-refractivity contribution in [2.45, 2.75) is 20.3 Å². The Morgan fingerprint density at radius 2 is 2.21 bits per heavy atom. The minimum atomic E-state index is -0.114. The van der Waals surface area contributed by atoms with E-state index in [4.69, 9.17) is 9.47 Å². The number of carbonyl (C=O) groups excluding carboxylic acids is 1. The predicted octanol–water partition coefficient (Wildman–Crippen LogP) is 2.40.